The van der Waals surface area contributed by atoms with Gasteiger partial charge in [-0.25, -0.2) is 4.98 Å². The van der Waals surface area contributed by atoms with E-state index in [0.717, 1.165) is 49.7 Å². The van der Waals surface area contributed by atoms with Crippen molar-refractivity contribution in [2.75, 3.05) is 26.7 Å². The second-order valence-electron chi connectivity index (χ2n) is 7.29. The number of benzene rings is 1. The Bertz CT molecular complexity index is 879. The average Bonchev–Trinajstić information content (AvgIpc) is 3.19. The van der Waals surface area contributed by atoms with E-state index >= 15 is 0 Å². The van der Waals surface area contributed by atoms with Gasteiger partial charge in [0.25, 0.3) is 0 Å². The predicted octanol–water partition coefficient (Wildman–Crippen LogP) is 3.45. The maximum atomic E-state index is 5.71. The zero-order valence-corrected chi connectivity index (χ0v) is 16.4. The summed E-state index contributed by atoms with van der Waals surface area (Å²) in [5, 5.41) is 0. The molecule has 0 aliphatic carbocycles. The highest BCUT2D eigenvalue weighted by molar-refractivity contribution is 5.54. The van der Waals surface area contributed by atoms with Gasteiger partial charge in [-0.15, -0.1) is 0 Å². The van der Waals surface area contributed by atoms with Crippen LogP contribution in [0.15, 0.2) is 59.5 Å². The maximum Gasteiger partial charge on any atom is 0.226 e. The first-order valence-corrected chi connectivity index (χ1v) is 9.65. The van der Waals surface area contributed by atoms with Gasteiger partial charge in [-0.3, -0.25) is 14.8 Å². The van der Waals surface area contributed by atoms with E-state index in [0.29, 0.717) is 11.9 Å². The number of piperazine rings is 1. The standard InChI is InChI=1S/C22H26N4O2/c1-17-13-25(14-18-4-3-9-23-12-18)10-11-26(17)15-20-16-28-22(24-20)19-5-7-21(27-2)8-6-19/h3-9,12,16-17H,10-11,13-15H2,1-2H3. The quantitative estimate of drug-likeness (QED) is 0.655. The maximum absolute atomic E-state index is 5.71. The van der Waals surface area contributed by atoms with E-state index in [9.17, 15) is 0 Å². The Hall–Kier alpha value is -2.70. The summed E-state index contributed by atoms with van der Waals surface area (Å²) in [4.78, 5) is 13.9. The van der Waals surface area contributed by atoms with Crippen LogP contribution in [0.3, 0.4) is 0 Å². The second kappa shape index (κ2) is 8.54. The minimum absolute atomic E-state index is 0.464. The Morgan fingerprint density at radius 3 is 2.71 bits per heavy atom. The van der Waals surface area contributed by atoms with Crippen LogP contribution in [0.25, 0.3) is 11.5 Å². The molecule has 28 heavy (non-hydrogen) atoms. The van der Waals surface area contributed by atoms with E-state index in [1.807, 2.05) is 42.7 Å². The molecule has 2 aromatic heterocycles. The van der Waals surface area contributed by atoms with Crippen LogP contribution >= 0.6 is 0 Å². The molecule has 0 saturated carbocycles. The molecule has 1 aromatic carbocycles. The van der Waals surface area contributed by atoms with E-state index in [-0.39, 0.29) is 0 Å². The molecule has 4 rings (SSSR count). The molecule has 1 aliphatic rings. The van der Waals surface area contributed by atoms with Crippen LogP contribution in [-0.4, -0.2) is 52.6 Å². The van der Waals surface area contributed by atoms with Gasteiger partial charge in [-0.05, 0) is 42.8 Å². The smallest absolute Gasteiger partial charge is 0.226 e. The van der Waals surface area contributed by atoms with Crippen molar-refractivity contribution in [3.63, 3.8) is 0 Å². The predicted molar refractivity (Wildman–Crippen MR) is 108 cm³/mol. The van der Waals surface area contributed by atoms with Crippen LogP contribution in [0.2, 0.25) is 0 Å². The van der Waals surface area contributed by atoms with Crippen molar-refractivity contribution in [2.45, 2.75) is 26.1 Å². The Morgan fingerprint density at radius 2 is 2.00 bits per heavy atom. The van der Waals surface area contributed by atoms with Crippen molar-refractivity contribution >= 4 is 0 Å². The van der Waals surface area contributed by atoms with Crippen molar-refractivity contribution in [2.24, 2.45) is 0 Å². The molecule has 1 aliphatic heterocycles. The molecule has 1 saturated heterocycles. The van der Waals surface area contributed by atoms with Gasteiger partial charge in [0.15, 0.2) is 0 Å². The third kappa shape index (κ3) is 4.40. The van der Waals surface area contributed by atoms with Crippen molar-refractivity contribution in [1.29, 1.82) is 0 Å². The molecule has 0 bridgehead atoms. The molecule has 0 amide bonds. The minimum Gasteiger partial charge on any atom is -0.497 e. The highest BCUT2D eigenvalue weighted by Gasteiger charge is 2.24. The lowest BCUT2D eigenvalue weighted by Gasteiger charge is -2.39. The highest BCUT2D eigenvalue weighted by atomic mass is 16.5. The first kappa shape index (κ1) is 18.7. The molecule has 1 fully saturated rings. The number of oxazole rings is 1. The van der Waals surface area contributed by atoms with Crippen LogP contribution in [0, 0.1) is 0 Å². The molecule has 3 aromatic rings. The zero-order chi connectivity index (χ0) is 19.3. The van der Waals surface area contributed by atoms with Crippen LogP contribution in [-0.2, 0) is 13.1 Å². The third-order valence-electron chi connectivity index (χ3n) is 5.23. The first-order chi connectivity index (χ1) is 13.7. The zero-order valence-electron chi connectivity index (χ0n) is 16.4. The summed E-state index contributed by atoms with van der Waals surface area (Å²) in [5.74, 6) is 1.48. The van der Waals surface area contributed by atoms with E-state index in [4.69, 9.17) is 9.15 Å². The normalized spacial score (nSPS) is 18.3. The molecule has 0 N–H and O–H groups in total. The van der Waals surface area contributed by atoms with Gasteiger partial charge in [0, 0.05) is 56.7 Å². The lowest BCUT2D eigenvalue weighted by atomic mass is 10.1. The number of methoxy groups -OCH3 is 1. The Balaban J connectivity index is 1.34. The molecular formula is C22H26N4O2. The van der Waals surface area contributed by atoms with Gasteiger partial charge in [-0.2, -0.15) is 0 Å². The fraction of sp³-hybridized carbons (Fsp3) is 0.364. The molecule has 1 atom stereocenters. The van der Waals surface area contributed by atoms with Crippen LogP contribution < -0.4 is 4.74 Å². The van der Waals surface area contributed by atoms with Crippen molar-refractivity contribution < 1.29 is 9.15 Å². The SMILES string of the molecule is COc1ccc(-c2nc(CN3CCN(Cc4cccnc4)CC3C)co2)cc1. The van der Waals surface area contributed by atoms with Crippen LogP contribution in [0.5, 0.6) is 5.75 Å². The van der Waals surface area contributed by atoms with Gasteiger partial charge in [0.2, 0.25) is 5.89 Å². The molecule has 6 heteroatoms. The average molecular weight is 378 g/mol. The van der Waals surface area contributed by atoms with Gasteiger partial charge in [0.1, 0.15) is 12.0 Å². The monoisotopic (exact) mass is 378 g/mol. The van der Waals surface area contributed by atoms with E-state index < -0.39 is 0 Å². The van der Waals surface area contributed by atoms with E-state index in [2.05, 4.69) is 32.8 Å². The number of rotatable bonds is 6. The Labute approximate surface area is 165 Å². The molecule has 6 nitrogen and oxygen atoms in total. The molecular weight excluding hydrogens is 352 g/mol. The first-order valence-electron chi connectivity index (χ1n) is 9.65. The number of hydrogen-bond acceptors (Lipinski definition) is 6. The molecule has 1 unspecified atom stereocenters. The summed E-state index contributed by atoms with van der Waals surface area (Å²) in [5.41, 5.74) is 3.20. The second-order valence-corrected chi connectivity index (χ2v) is 7.29. The van der Waals surface area contributed by atoms with Crippen molar-refractivity contribution in [3.05, 3.63) is 66.3 Å². The van der Waals surface area contributed by atoms with Gasteiger partial charge >= 0.3 is 0 Å². The van der Waals surface area contributed by atoms with Gasteiger partial charge in [-0.1, -0.05) is 6.07 Å². The minimum atomic E-state index is 0.464. The molecule has 0 spiro atoms. The number of nitrogens with zero attached hydrogens (tertiary/aromatic N) is 4. The number of hydrogen-bond donors (Lipinski definition) is 0. The fourth-order valence-electron chi connectivity index (χ4n) is 3.65. The number of ether oxygens (including phenoxy) is 1. The fourth-order valence-corrected chi connectivity index (χ4v) is 3.65. The van der Waals surface area contributed by atoms with Crippen molar-refractivity contribution in [1.82, 2.24) is 19.8 Å². The third-order valence-corrected chi connectivity index (χ3v) is 5.23. The summed E-state index contributed by atoms with van der Waals surface area (Å²) in [6, 6.07) is 12.4. The number of aromatic nitrogens is 2. The Kier molecular flexibility index (Phi) is 5.69. The Morgan fingerprint density at radius 1 is 1.14 bits per heavy atom. The molecule has 3 heterocycles. The molecule has 146 valence electrons. The summed E-state index contributed by atoms with van der Waals surface area (Å²) in [7, 11) is 1.66. The van der Waals surface area contributed by atoms with E-state index in [1.54, 1.807) is 13.4 Å². The van der Waals surface area contributed by atoms with Crippen LogP contribution in [0.4, 0.5) is 0 Å². The lowest BCUT2D eigenvalue weighted by molar-refractivity contribution is 0.0723. The summed E-state index contributed by atoms with van der Waals surface area (Å²) >= 11 is 0. The van der Waals surface area contributed by atoms with Gasteiger partial charge < -0.3 is 9.15 Å². The van der Waals surface area contributed by atoms with Crippen molar-refractivity contribution in [3.8, 4) is 17.2 Å². The molecule has 0 radical (unpaired) electrons. The summed E-state index contributed by atoms with van der Waals surface area (Å²) < 4.78 is 10.9. The number of pyridine rings is 1. The summed E-state index contributed by atoms with van der Waals surface area (Å²) in [6.45, 7) is 7.14. The van der Waals surface area contributed by atoms with E-state index in [1.165, 1.54) is 5.56 Å². The topological polar surface area (TPSA) is 54.6 Å². The van der Waals surface area contributed by atoms with Gasteiger partial charge in [0.05, 0.1) is 12.8 Å². The van der Waals surface area contributed by atoms with Crippen LogP contribution in [0.1, 0.15) is 18.2 Å². The highest BCUT2D eigenvalue weighted by Crippen LogP contribution is 2.23. The summed E-state index contributed by atoms with van der Waals surface area (Å²) in [6.07, 6.45) is 5.55. The lowest BCUT2D eigenvalue weighted by Crippen LogP contribution is -2.50. The largest absolute Gasteiger partial charge is 0.497 e.